The number of benzene rings is 2. The van der Waals surface area contributed by atoms with Gasteiger partial charge in [-0.2, -0.15) is 0 Å². The van der Waals surface area contributed by atoms with Crippen LogP contribution in [0.15, 0.2) is 42.5 Å². The first-order valence-electron chi connectivity index (χ1n) is 7.74. The molecule has 6 N–H and O–H groups in total. The van der Waals surface area contributed by atoms with Crippen LogP contribution in [-0.2, 0) is 20.7 Å². The molecule has 0 fully saturated rings. The number of phenolic OH excluding ortho intramolecular Hbond substituents is 3. The molecule has 0 bridgehead atoms. The van der Waals surface area contributed by atoms with Gasteiger partial charge in [-0.15, -0.1) is 0 Å². The molecule has 2 aromatic carbocycles. The number of carbonyl (C=O) groups is 3. The van der Waals surface area contributed by atoms with E-state index in [2.05, 4.69) is 0 Å². The van der Waals surface area contributed by atoms with E-state index >= 15 is 0 Å². The summed E-state index contributed by atoms with van der Waals surface area (Å²) in [5.74, 6) is -6.42. The van der Waals surface area contributed by atoms with Gasteiger partial charge in [0.05, 0.1) is 5.56 Å². The third-order valence-electron chi connectivity index (χ3n) is 3.87. The van der Waals surface area contributed by atoms with Crippen molar-refractivity contribution in [3.63, 3.8) is 0 Å². The molecule has 148 valence electrons. The largest absolute Gasteiger partial charge is 0.508 e. The van der Waals surface area contributed by atoms with E-state index in [9.17, 15) is 45.0 Å². The molecular weight excluding hydrogens is 376 g/mol. The van der Waals surface area contributed by atoms with E-state index in [1.54, 1.807) is 0 Å². The fraction of sp³-hybridized carbons (Fsp3) is 0.167. The molecule has 2 aromatic rings. The summed E-state index contributed by atoms with van der Waals surface area (Å²) in [4.78, 5) is 35.3. The summed E-state index contributed by atoms with van der Waals surface area (Å²) in [6, 6.07) is 7.62. The molecule has 0 heterocycles. The molecule has 0 aliphatic carbocycles. The Morgan fingerprint density at radius 3 is 2.04 bits per heavy atom. The van der Waals surface area contributed by atoms with Crippen molar-refractivity contribution < 1.29 is 49.8 Å². The molecule has 2 atom stereocenters. The highest BCUT2D eigenvalue weighted by molar-refractivity contribution is 5.94. The number of aliphatic hydroxyl groups is 1. The van der Waals surface area contributed by atoms with Gasteiger partial charge in [0.2, 0.25) is 11.7 Å². The number of phenols is 3. The van der Waals surface area contributed by atoms with E-state index in [0.717, 1.165) is 42.5 Å². The number of aromatic hydroxyl groups is 3. The smallest absolute Gasteiger partial charge is 0.348 e. The maximum atomic E-state index is 12.1. The SMILES string of the molecule is O=C(O[C@H](C(=O)O)[C@](O)(Cc1ccc(O)c(O)c1)C(=O)O)c1ccc(O)cc1. The quantitative estimate of drug-likeness (QED) is 0.286. The third-order valence-corrected chi connectivity index (χ3v) is 3.87. The van der Waals surface area contributed by atoms with Gasteiger partial charge in [-0.05, 0) is 42.0 Å². The van der Waals surface area contributed by atoms with Crippen LogP contribution in [0.2, 0.25) is 0 Å². The number of aliphatic carboxylic acids is 2. The van der Waals surface area contributed by atoms with Gasteiger partial charge in [-0.1, -0.05) is 6.07 Å². The summed E-state index contributed by atoms with van der Waals surface area (Å²) < 4.78 is 4.73. The number of ether oxygens (including phenoxy) is 1. The van der Waals surface area contributed by atoms with E-state index in [0.29, 0.717) is 0 Å². The Balaban J connectivity index is 2.35. The Kier molecular flexibility index (Phi) is 5.75. The third kappa shape index (κ3) is 4.30. The van der Waals surface area contributed by atoms with Crippen LogP contribution in [0.3, 0.4) is 0 Å². The van der Waals surface area contributed by atoms with E-state index in [1.165, 1.54) is 0 Å². The Morgan fingerprint density at radius 2 is 1.54 bits per heavy atom. The lowest BCUT2D eigenvalue weighted by Crippen LogP contribution is -2.56. The summed E-state index contributed by atoms with van der Waals surface area (Å²) >= 11 is 0. The van der Waals surface area contributed by atoms with Crippen molar-refractivity contribution in [3.05, 3.63) is 53.6 Å². The van der Waals surface area contributed by atoms with Crippen LogP contribution in [0.1, 0.15) is 15.9 Å². The number of carboxylic acid groups (broad SMARTS) is 2. The second-order valence-electron chi connectivity index (χ2n) is 5.90. The highest BCUT2D eigenvalue weighted by Crippen LogP contribution is 2.29. The van der Waals surface area contributed by atoms with Crippen LogP contribution in [0, 0.1) is 0 Å². The lowest BCUT2D eigenvalue weighted by Gasteiger charge is -2.29. The second kappa shape index (κ2) is 7.84. The van der Waals surface area contributed by atoms with Crippen molar-refractivity contribution >= 4 is 17.9 Å². The monoisotopic (exact) mass is 392 g/mol. The standard InChI is InChI=1S/C18H16O10/c19-11-4-2-10(3-5-11)16(24)28-14(15(22)23)18(27,17(25)26)8-9-1-6-12(20)13(21)7-9/h1-7,14,19-21,27H,8H2,(H,22,23)(H,25,26)/t14-,18-/m1/s1. The Hall–Kier alpha value is -3.79. The molecule has 2 rings (SSSR count). The zero-order valence-electron chi connectivity index (χ0n) is 14.1. The molecule has 0 aliphatic heterocycles. The van der Waals surface area contributed by atoms with Crippen molar-refractivity contribution in [1.82, 2.24) is 0 Å². The van der Waals surface area contributed by atoms with Crippen LogP contribution in [-0.4, -0.2) is 60.3 Å². The Bertz CT molecular complexity index is 905. The second-order valence-corrected chi connectivity index (χ2v) is 5.90. The van der Waals surface area contributed by atoms with Gasteiger partial charge in [0.25, 0.3) is 0 Å². The van der Waals surface area contributed by atoms with Gasteiger partial charge < -0.3 is 35.4 Å². The highest BCUT2D eigenvalue weighted by Gasteiger charge is 2.51. The Morgan fingerprint density at radius 1 is 0.929 bits per heavy atom. The normalized spacial score (nSPS) is 13.9. The molecule has 0 saturated carbocycles. The van der Waals surface area contributed by atoms with E-state index in [-0.39, 0.29) is 16.9 Å². The summed E-state index contributed by atoms with van der Waals surface area (Å²) in [5, 5.41) is 57.3. The molecule has 0 amide bonds. The van der Waals surface area contributed by atoms with Crippen molar-refractivity contribution in [2.75, 3.05) is 0 Å². The van der Waals surface area contributed by atoms with Crippen molar-refractivity contribution in [2.24, 2.45) is 0 Å². The first kappa shape index (κ1) is 20.5. The predicted molar refractivity (Wildman–Crippen MR) is 91.0 cm³/mol. The van der Waals surface area contributed by atoms with Gasteiger partial charge in [-0.25, -0.2) is 14.4 Å². The number of carboxylic acids is 2. The minimum absolute atomic E-state index is 0.0351. The minimum atomic E-state index is -3.08. The summed E-state index contributed by atoms with van der Waals surface area (Å²) in [5.41, 5.74) is -3.30. The highest BCUT2D eigenvalue weighted by atomic mass is 16.6. The molecule has 0 aromatic heterocycles. The van der Waals surface area contributed by atoms with Crippen molar-refractivity contribution in [1.29, 1.82) is 0 Å². The average Bonchev–Trinajstić information content (AvgIpc) is 2.62. The maximum Gasteiger partial charge on any atom is 0.348 e. The van der Waals surface area contributed by atoms with Gasteiger partial charge in [0.1, 0.15) is 5.75 Å². The van der Waals surface area contributed by atoms with Crippen molar-refractivity contribution in [3.8, 4) is 17.2 Å². The van der Waals surface area contributed by atoms with Crippen molar-refractivity contribution in [2.45, 2.75) is 18.1 Å². The lowest BCUT2D eigenvalue weighted by molar-refractivity contribution is -0.183. The molecule has 10 nitrogen and oxygen atoms in total. The number of hydrogen-bond acceptors (Lipinski definition) is 8. The van der Waals surface area contributed by atoms with Gasteiger partial charge in [0, 0.05) is 6.42 Å². The number of rotatable bonds is 7. The summed E-state index contributed by atoms with van der Waals surface area (Å²) in [7, 11) is 0. The van der Waals surface area contributed by atoms with E-state index in [1.807, 2.05) is 0 Å². The zero-order chi connectivity index (χ0) is 21.1. The predicted octanol–water partition coefficient (Wildman–Crippen LogP) is 0.472. The van der Waals surface area contributed by atoms with Gasteiger partial charge in [0.15, 0.2) is 11.5 Å². The first-order valence-corrected chi connectivity index (χ1v) is 7.74. The van der Waals surface area contributed by atoms with E-state index < -0.39 is 47.5 Å². The topological polar surface area (TPSA) is 182 Å². The lowest BCUT2D eigenvalue weighted by atomic mass is 9.88. The average molecular weight is 392 g/mol. The number of esters is 1. The molecule has 0 unspecified atom stereocenters. The zero-order valence-corrected chi connectivity index (χ0v) is 14.1. The van der Waals surface area contributed by atoms with Crippen LogP contribution in [0.4, 0.5) is 0 Å². The molecule has 10 heteroatoms. The van der Waals surface area contributed by atoms with Gasteiger partial charge >= 0.3 is 17.9 Å². The van der Waals surface area contributed by atoms with Crippen LogP contribution in [0.25, 0.3) is 0 Å². The minimum Gasteiger partial charge on any atom is -0.508 e. The fourth-order valence-electron chi connectivity index (χ4n) is 2.40. The summed E-state index contributed by atoms with van der Waals surface area (Å²) in [6.45, 7) is 0. The number of carbonyl (C=O) groups excluding carboxylic acids is 1. The number of hydrogen-bond donors (Lipinski definition) is 6. The molecule has 28 heavy (non-hydrogen) atoms. The fourth-order valence-corrected chi connectivity index (χ4v) is 2.40. The molecule has 0 aliphatic rings. The molecular formula is C18H16O10. The maximum absolute atomic E-state index is 12.1. The summed E-state index contributed by atoms with van der Waals surface area (Å²) in [6.07, 6.45) is -3.35. The first-order chi connectivity index (χ1) is 13.0. The van der Waals surface area contributed by atoms with Gasteiger partial charge in [-0.3, -0.25) is 0 Å². The molecule has 0 saturated heterocycles. The van der Waals surface area contributed by atoms with Crippen LogP contribution in [0.5, 0.6) is 17.2 Å². The van der Waals surface area contributed by atoms with Crippen LogP contribution >= 0.6 is 0 Å². The Labute approximate surface area is 157 Å². The molecule has 0 spiro atoms. The van der Waals surface area contributed by atoms with E-state index in [4.69, 9.17) is 4.74 Å². The van der Waals surface area contributed by atoms with Crippen LogP contribution < -0.4 is 0 Å². The molecule has 0 radical (unpaired) electrons.